The molecule has 0 fully saturated rings. The van der Waals surface area contributed by atoms with Crippen LogP contribution in [0.4, 0.5) is 17.2 Å². The molecule has 0 saturated carbocycles. The molecular formula is C42H34N10O5. The molecule has 5 heterocycles. The molecule has 57 heavy (non-hydrogen) atoms. The number of rotatable bonds is 8. The van der Waals surface area contributed by atoms with Crippen LogP contribution < -0.4 is 32.6 Å². The quantitative estimate of drug-likeness (QED) is 0.0779. The molecule has 0 radical (unpaired) electrons. The molecule has 0 saturated heterocycles. The van der Waals surface area contributed by atoms with Gasteiger partial charge in [-0.1, -0.05) is 18.2 Å². The zero-order valence-corrected chi connectivity index (χ0v) is 30.4. The largest absolute Gasteiger partial charge is 0.456 e. The van der Waals surface area contributed by atoms with Crippen molar-refractivity contribution >= 4 is 46.0 Å². The molecule has 0 aliphatic carbocycles. The zero-order chi connectivity index (χ0) is 39.4. The van der Waals surface area contributed by atoms with E-state index in [9.17, 15) is 14.4 Å². The third-order valence-electron chi connectivity index (χ3n) is 10.1. The summed E-state index contributed by atoms with van der Waals surface area (Å²) in [5.74, 6) is 0.364. The molecule has 0 unspecified atom stereocenters. The number of aryl methyl sites for hydroxylation is 1. The first-order valence-electron chi connectivity index (χ1n) is 18.1. The van der Waals surface area contributed by atoms with Crippen LogP contribution in [-0.2, 0) is 16.9 Å². The van der Waals surface area contributed by atoms with E-state index in [4.69, 9.17) is 36.6 Å². The molecule has 7 aromatic rings. The lowest BCUT2D eigenvalue weighted by Crippen LogP contribution is -2.35. The Labute approximate surface area is 324 Å². The summed E-state index contributed by atoms with van der Waals surface area (Å²) < 4.78 is 14.3. The van der Waals surface area contributed by atoms with Crippen molar-refractivity contribution in [3.63, 3.8) is 0 Å². The lowest BCUT2D eigenvalue weighted by molar-refractivity contribution is 0.0224. The van der Waals surface area contributed by atoms with Crippen LogP contribution in [-0.4, -0.2) is 55.4 Å². The van der Waals surface area contributed by atoms with E-state index in [1.165, 1.54) is 6.07 Å². The first-order chi connectivity index (χ1) is 27.6. The highest BCUT2D eigenvalue weighted by Gasteiger charge is 2.53. The van der Waals surface area contributed by atoms with Crippen LogP contribution in [0.15, 0.2) is 104 Å². The number of hydrogen-bond acceptors (Lipinski definition) is 12. The van der Waals surface area contributed by atoms with E-state index < -0.39 is 17.5 Å². The van der Waals surface area contributed by atoms with Gasteiger partial charge >= 0.3 is 5.97 Å². The Balaban J connectivity index is 0.861. The van der Waals surface area contributed by atoms with E-state index in [-0.39, 0.29) is 35.9 Å². The molecule has 15 nitrogen and oxygen atoms in total. The van der Waals surface area contributed by atoms with Crippen molar-refractivity contribution < 1.29 is 23.9 Å². The van der Waals surface area contributed by atoms with Crippen LogP contribution in [0.1, 0.15) is 54.7 Å². The van der Waals surface area contributed by atoms with Gasteiger partial charge in [0.2, 0.25) is 0 Å². The smallest absolute Gasteiger partial charge is 0.340 e. The predicted molar refractivity (Wildman–Crippen MR) is 212 cm³/mol. The molecule has 0 bridgehead atoms. The first kappa shape index (κ1) is 34.9. The summed E-state index contributed by atoms with van der Waals surface area (Å²) in [6, 6.07) is 24.0. The van der Waals surface area contributed by atoms with Gasteiger partial charge in [0.1, 0.15) is 22.7 Å². The fourth-order valence-corrected chi connectivity index (χ4v) is 7.44. The molecule has 9 rings (SSSR count). The number of ether oxygens (including phenoxy) is 2. The van der Waals surface area contributed by atoms with Crippen molar-refractivity contribution in [2.45, 2.75) is 19.1 Å². The highest BCUT2D eigenvalue weighted by atomic mass is 16.6. The summed E-state index contributed by atoms with van der Waals surface area (Å²) in [5, 5.41) is 5.63. The number of nitrogens with two attached hydrogens (primary N) is 3. The summed E-state index contributed by atoms with van der Waals surface area (Å²) in [6.07, 6.45) is 4.99. The minimum absolute atomic E-state index is 0.136. The third-order valence-corrected chi connectivity index (χ3v) is 10.1. The maximum atomic E-state index is 13.5. The number of aromatic nitrogens is 5. The van der Waals surface area contributed by atoms with Gasteiger partial charge in [0.25, 0.3) is 11.8 Å². The van der Waals surface area contributed by atoms with Gasteiger partial charge in [-0.2, -0.15) is 0 Å². The number of nitrogens with zero attached hydrogens (tertiary/aromatic N) is 5. The summed E-state index contributed by atoms with van der Waals surface area (Å²) >= 11 is 0. The third kappa shape index (κ3) is 5.80. The minimum atomic E-state index is -1.33. The van der Waals surface area contributed by atoms with Crippen LogP contribution in [0.3, 0.4) is 0 Å². The van der Waals surface area contributed by atoms with Crippen molar-refractivity contribution in [1.29, 1.82) is 0 Å². The topological polar surface area (TPSA) is 228 Å². The van der Waals surface area contributed by atoms with E-state index in [1.807, 2.05) is 17.6 Å². The van der Waals surface area contributed by atoms with Crippen molar-refractivity contribution in [3.05, 3.63) is 137 Å². The van der Waals surface area contributed by atoms with Crippen LogP contribution in [0, 0.1) is 0 Å². The normalized spacial score (nSPS) is 13.3. The molecule has 2 aliphatic heterocycles. The number of carbonyl (C=O) groups excluding carboxylic acids is 3. The summed E-state index contributed by atoms with van der Waals surface area (Å²) in [6.45, 7) is 2.95. The Morgan fingerprint density at radius 1 is 0.772 bits per heavy atom. The SMILES string of the molecule is CCn1c(-c2nc(-c3ccc(C(=O)NCCNC(=O)c4ccc5c(c4)C(=O)OC54c5ccc(N)cc5Oc5cc(N)ccc54)cc3)cnc2N)nc2cnccc21. The molecular weight excluding hydrogens is 725 g/mol. The number of carbonyl (C=O) groups is 3. The van der Waals surface area contributed by atoms with Gasteiger partial charge in [-0.3, -0.25) is 14.6 Å². The predicted octanol–water partition coefficient (Wildman–Crippen LogP) is 5.05. The Hall–Kier alpha value is -7.81. The summed E-state index contributed by atoms with van der Waals surface area (Å²) in [5.41, 5.74) is 24.1. The molecule has 0 atom stereocenters. The average Bonchev–Trinajstić information content (AvgIpc) is 3.74. The number of imidazole rings is 1. The van der Waals surface area contributed by atoms with Crippen molar-refractivity contribution in [2.75, 3.05) is 30.3 Å². The fraction of sp³-hybridized carbons (Fsp3) is 0.119. The van der Waals surface area contributed by atoms with Gasteiger partial charge in [0.05, 0.1) is 29.2 Å². The van der Waals surface area contributed by atoms with Gasteiger partial charge in [0, 0.05) is 82.7 Å². The number of fused-ring (bicyclic) bond motifs is 7. The Morgan fingerprint density at radius 2 is 1.42 bits per heavy atom. The molecule has 2 amide bonds. The van der Waals surface area contributed by atoms with E-state index >= 15 is 0 Å². The van der Waals surface area contributed by atoms with Gasteiger partial charge in [0.15, 0.2) is 17.2 Å². The summed E-state index contributed by atoms with van der Waals surface area (Å²) in [7, 11) is 0. The zero-order valence-electron chi connectivity index (χ0n) is 30.4. The molecule has 15 heteroatoms. The molecule has 8 N–H and O–H groups in total. The van der Waals surface area contributed by atoms with Gasteiger partial charge in [-0.15, -0.1) is 0 Å². The maximum absolute atomic E-state index is 13.5. The Kier molecular flexibility index (Phi) is 8.27. The lowest BCUT2D eigenvalue weighted by Gasteiger charge is -2.36. The van der Waals surface area contributed by atoms with E-state index in [1.54, 1.807) is 91.4 Å². The van der Waals surface area contributed by atoms with Crippen molar-refractivity contribution in [2.24, 2.45) is 0 Å². The van der Waals surface area contributed by atoms with Crippen LogP contribution >= 0.6 is 0 Å². The van der Waals surface area contributed by atoms with Gasteiger partial charge in [-0.25, -0.2) is 19.7 Å². The highest BCUT2D eigenvalue weighted by Crippen LogP contribution is 2.56. The molecule has 1 spiro atoms. The number of anilines is 3. The number of benzene rings is 4. The van der Waals surface area contributed by atoms with Crippen LogP contribution in [0.2, 0.25) is 0 Å². The Morgan fingerprint density at radius 3 is 2.11 bits per heavy atom. The van der Waals surface area contributed by atoms with E-state index in [2.05, 4.69) is 20.6 Å². The first-order valence-corrected chi connectivity index (χ1v) is 18.1. The summed E-state index contributed by atoms with van der Waals surface area (Å²) in [4.78, 5) is 57.8. The van der Waals surface area contributed by atoms with Crippen LogP contribution in [0.5, 0.6) is 11.5 Å². The van der Waals surface area contributed by atoms with Crippen LogP contribution in [0.25, 0.3) is 33.8 Å². The highest BCUT2D eigenvalue weighted by molar-refractivity contribution is 6.02. The van der Waals surface area contributed by atoms with Crippen molar-refractivity contribution in [1.82, 2.24) is 35.1 Å². The van der Waals surface area contributed by atoms with E-state index in [0.717, 1.165) is 16.6 Å². The molecule has 3 aromatic heterocycles. The maximum Gasteiger partial charge on any atom is 0.340 e. The number of amides is 2. The fourth-order valence-electron chi connectivity index (χ4n) is 7.44. The minimum Gasteiger partial charge on any atom is -0.456 e. The van der Waals surface area contributed by atoms with E-state index in [0.29, 0.717) is 68.9 Å². The number of nitrogen functional groups attached to an aromatic ring is 3. The monoisotopic (exact) mass is 758 g/mol. The molecule has 4 aromatic carbocycles. The van der Waals surface area contributed by atoms with Gasteiger partial charge < -0.3 is 41.9 Å². The average molecular weight is 759 g/mol. The number of nitrogens with one attached hydrogen (secondary N) is 2. The number of hydrogen-bond donors (Lipinski definition) is 5. The molecule has 282 valence electrons. The standard InChI is InChI=1S/C42H34N10O5/c1-2-52-33-13-14-46-20-32(33)51-38(52)36-37(45)49-21-31(50-36)22-3-5-23(6-4-22)39(53)47-15-16-48-40(54)24-7-10-28-27(17-24)41(55)57-42(28)29-11-8-25(43)18-34(29)56-35-19-26(44)9-12-30(35)42/h3-14,17-21H,2,15-16,43-44H2,1H3,(H2,45,49)(H,47,53)(H,48,54). The lowest BCUT2D eigenvalue weighted by atomic mass is 9.77. The molecule has 2 aliphatic rings. The van der Waals surface area contributed by atoms with Crippen molar-refractivity contribution in [3.8, 4) is 34.3 Å². The number of pyridine rings is 1. The van der Waals surface area contributed by atoms with Gasteiger partial charge in [-0.05, 0) is 61.5 Å². The second-order valence-corrected chi connectivity index (χ2v) is 13.6. The second-order valence-electron chi connectivity index (χ2n) is 13.6. The second kappa shape index (κ2) is 13.5. The Bertz CT molecular complexity index is 2750. The number of esters is 1.